The van der Waals surface area contributed by atoms with E-state index in [1.807, 2.05) is 0 Å². The van der Waals surface area contributed by atoms with Crippen LogP contribution in [0.25, 0.3) is 0 Å². The van der Waals surface area contributed by atoms with E-state index in [1.165, 1.54) is 135 Å². The van der Waals surface area contributed by atoms with Crippen LogP contribution in [-0.4, -0.2) is 37.2 Å². The Balaban J connectivity index is 4.32. The van der Waals surface area contributed by atoms with Gasteiger partial charge >= 0.3 is 17.9 Å². The van der Waals surface area contributed by atoms with Gasteiger partial charge in [-0.2, -0.15) is 0 Å². The first-order valence-electron chi connectivity index (χ1n) is 22.8. The molecule has 0 aliphatic carbocycles. The fraction of sp³-hybridized carbons (Fsp3) is 0.935. The molecule has 0 bridgehead atoms. The molecule has 52 heavy (non-hydrogen) atoms. The minimum atomic E-state index is -0.760. The third-order valence-electron chi connectivity index (χ3n) is 10.6. The number of esters is 3. The van der Waals surface area contributed by atoms with Crippen LogP contribution in [0, 0.1) is 11.8 Å². The molecule has 1 unspecified atom stereocenters. The SMILES string of the molecule is CCCCCCCCCCCCC(=O)O[C@@H](COC(=O)CCCCCCCCCCCCCC(C)C)COC(=O)CCCCCCCCC(C)CC. The summed E-state index contributed by atoms with van der Waals surface area (Å²) in [5, 5.41) is 0. The Kier molecular flexibility index (Phi) is 37.9. The van der Waals surface area contributed by atoms with Gasteiger partial charge in [0.2, 0.25) is 0 Å². The zero-order chi connectivity index (χ0) is 38.3. The summed E-state index contributed by atoms with van der Waals surface area (Å²) in [6.07, 6.45) is 36.6. The molecule has 308 valence electrons. The van der Waals surface area contributed by atoms with Gasteiger partial charge in [0.15, 0.2) is 6.10 Å². The zero-order valence-electron chi connectivity index (χ0n) is 35.4. The molecule has 0 N–H and O–H groups in total. The van der Waals surface area contributed by atoms with Crippen molar-refractivity contribution in [2.24, 2.45) is 11.8 Å². The van der Waals surface area contributed by atoms with Gasteiger partial charge in [0.1, 0.15) is 13.2 Å². The second-order valence-corrected chi connectivity index (χ2v) is 16.4. The molecule has 0 aromatic carbocycles. The molecule has 0 fully saturated rings. The van der Waals surface area contributed by atoms with Gasteiger partial charge in [-0.05, 0) is 31.1 Å². The highest BCUT2D eigenvalue weighted by Crippen LogP contribution is 2.17. The Labute approximate surface area is 323 Å². The maximum absolute atomic E-state index is 12.7. The maximum Gasteiger partial charge on any atom is 0.306 e. The summed E-state index contributed by atoms with van der Waals surface area (Å²) < 4.78 is 16.7. The molecule has 0 aliphatic heterocycles. The van der Waals surface area contributed by atoms with Gasteiger partial charge in [0.05, 0.1) is 0 Å². The molecule has 0 radical (unpaired) electrons. The van der Waals surface area contributed by atoms with Crippen LogP contribution >= 0.6 is 0 Å². The van der Waals surface area contributed by atoms with E-state index in [-0.39, 0.29) is 31.1 Å². The van der Waals surface area contributed by atoms with Crippen molar-refractivity contribution in [2.75, 3.05) is 13.2 Å². The van der Waals surface area contributed by atoms with Crippen LogP contribution in [0.1, 0.15) is 247 Å². The Hall–Kier alpha value is -1.59. The second-order valence-electron chi connectivity index (χ2n) is 16.4. The average molecular weight is 737 g/mol. The van der Waals surface area contributed by atoms with E-state index in [1.54, 1.807) is 0 Å². The van der Waals surface area contributed by atoms with Gasteiger partial charge in [0.25, 0.3) is 0 Å². The van der Waals surface area contributed by atoms with Crippen molar-refractivity contribution in [2.45, 2.75) is 253 Å². The van der Waals surface area contributed by atoms with Crippen molar-refractivity contribution in [3.05, 3.63) is 0 Å². The van der Waals surface area contributed by atoms with Crippen molar-refractivity contribution in [3.63, 3.8) is 0 Å². The van der Waals surface area contributed by atoms with Gasteiger partial charge in [-0.25, -0.2) is 0 Å². The van der Waals surface area contributed by atoms with E-state index in [0.717, 1.165) is 69.6 Å². The third-order valence-corrected chi connectivity index (χ3v) is 10.6. The standard InChI is InChI=1S/C46H88O6/c1-6-8-9-10-11-12-17-21-28-33-38-46(49)52-43(40-51-45(48)37-32-27-23-22-25-30-35-42(5)7-2)39-50-44(47)36-31-26-20-18-15-13-14-16-19-24-29-34-41(3)4/h41-43H,6-40H2,1-5H3/t42?,43-/m0/s1. The molecule has 0 aromatic heterocycles. The number of unbranched alkanes of at least 4 members (excludes halogenated alkanes) is 24. The van der Waals surface area contributed by atoms with E-state index >= 15 is 0 Å². The predicted molar refractivity (Wildman–Crippen MR) is 220 cm³/mol. The summed E-state index contributed by atoms with van der Waals surface area (Å²) in [5.41, 5.74) is 0. The fourth-order valence-corrected chi connectivity index (χ4v) is 6.72. The lowest BCUT2D eigenvalue weighted by atomic mass is 10.00. The average Bonchev–Trinajstić information content (AvgIpc) is 3.12. The molecule has 6 nitrogen and oxygen atoms in total. The number of rotatable bonds is 40. The van der Waals surface area contributed by atoms with Gasteiger partial charge < -0.3 is 14.2 Å². The number of hydrogen-bond acceptors (Lipinski definition) is 6. The largest absolute Gasteiger partial charge is 0.462 e. The van der Waals surface area contributed by atoms with Crippen LogP contribution in [-0.2, 0) is 28.6 Å². The molecular weight excluding hydrogens is 649 g/mol. The molecule has 0 rings (SSSR count). The lowest BCUT2D eigenvalue weighted by Gasteiger charge is -2.18. The summed E-state index contributed by atoms with van der Waals surface area (Å²) in [5.74, 6) is 0.780. The Morgan fingerprint density at radius 1 is 0.404 bits per heavy atom. The van der Waals surface area contributed by atoms with Gasteiger partial charge in [-0.3, -0.25) is 14.4 Å². The van der Waals surface area contributed by atoms with E-state index in [0.29, 0.717) is 19.3 Å². The van der Waals surface area contributed by atoms with E-state index in [9.17, 15) is 14.4 Å². The highest BCUT2D eigenvalue weighted by Gasteiger charge is 2.19. The van der Waals surface area contributed by atoms with Crippen LogP contribution in [0.4, 0.5) is 0 Å². The molecule has 0 aromatic rings. The van der Waals surface area contributed by atoms with Crippen LogP contribution in [0.5, 0.6) is 0 Å². The first kappa shape index (κ1) is 50.4. The topological polar surface area (TPSA) is 78.9 Å². The summed E-state index contributed by atoms with van der Waals surface area (Å²) >= 11 is 0. The number of ether oxygens (including phenoxy) is 3. The summed E-state index contributed by atoms with van der Waals surface area (Å²) in [6, 6.07) is 0. The first-order valence-corrected chi connectivity index (χ1v) is 22.8. The minimum absolute atomic E-state index is 0.0655. The molecule has 0 spiro atoms. The monoisotopic (exact) mass is 737 g/mol. The number of carbonyl (C=O) groups excluding carboxylic acids is 3. The van der Waals surface area contributed by atoms with Crippen molar-refractivity contribution in [1.82, 2.24) is 0 Å². The van der Waals surface area contributed by atoms with Crippen molar-refractivity contribution in [3.8, 4) is 0 Å². The molecule has 0 saturated carbocycles. The third kappa shape index (κ3) is 38.1. The quantitative estimate of drug-likeness (QED) is 0.0354. The first-order chi connectivity index (χ1) is 25.3. The van der Waals surface area contributed by atoms with Gasteiger partial charge in [-0.1, -0.05) is 208 Å². The second kappa shape index (κ2) is 39.1. The fourth-order valence-electron chi connectivity index (χ4n) is 6.72. The predicted octanol–water partition coefficient (Wildman–Crippen LogP) is 14.2. The van der Waals surface area contributed by atoms with Gasteiger partial charge in [0, 0.05) is 19.3 Å². The molecule has 2 atom stereocenters. The van der Waals surface area contributed by atoms with Crippen LogP contribution in [0.15, 0.2) is 0 Å². The van der Waals surface area contributed by atoms with Crippen molar-refractivity contribution < 1.29 is 28.6 Å². The molecule has 0 aliphatic rings. The molecule has 6 heteroatoms. The molecule has 0 saturated heterocycles. The minimum Gasteiger partial charge on any atom is -0.462 e. The Bertz CT molecular complexity index is 796. The summed E-state index contributed by atoms with van der Waals surface area (Å²) in [7, 11) is 0. The summed E-state index contributed by atoms with van der Waals surface area (Å²) in [6.45, 7) is 11.3. The molecule has 0 amide bonds. The number of carbonyl (C=O) groups is 3. The number of hydrogen-bond donors (Lipinski definition) is 0. The lowest BCUT2D eigenvalue weighted by Crippen LogP contribution is -2.30. The van der Waals surface area contributed by atoms with Crippen LogP contribution in [0.3, 0.4) is 0 Å². The van der Waals surface area contributed by atoms with Gasteiger partial charge in [-0.15, -0.1) is 0 Å². The smallest absolute Gasteiger partial charge is 0.306 e. The van der Waals surface area contributed by atoms with E-state index in [4.69, 9.17) is 14.2 Å². The Morgan fingerprint density at radius 2 is 0.731 bits per heavy atom. The zero-order valence-corrected chi connectivity index (χ0v) is 35.4. The maximum atomic E-state index is 12.7. The molecular formula is C46H88O6. The highest BCUT2D eigenvalue weighted by molar-refractivity contribution is 5.71. The lowest BCUT2D eigenvalue weighted by molar-refractivity contribution is -0.167. The van der Waals surface area contributed by atoms with E-state index < -0.39 is 6.10 Å². The summed E-state index contributed by atoms with van der Waals surface area (Å²) in [4.78, 5) is 37.7. The van der Waals surface area contributed by atoms with E-state index in [2.05, 4.69) is 34.6 Å². The molecule has 0 heterocycles. The van der Waals surface area contributed by atoms with Crippen molar-refractivity contribution >= 4 is 17.9 Å². The van der Waals surface area contributed by atoms with Crippen molar-refractivity contribution in [1.29, 1.82) is 0 Å². The highest BCUT2D eigenvalue weighted by atomic mass is 16.6. The normalized spacial score (nSPS) is 12.6. The van der Waals surface area contributed by atoms with Crippen LogP contribution < -0.4 is 0 Å². The Morgan fingerprint density at radius 3 is 1.10 bits per heavy atom. The van der Waals surface area contributed by atoms with Crippen LogP contribution in [0.2, 0.25) is 0 Å².